The number of anilines is 2. The van der Waals surface area contributed by atoms with Crippen molar-refractivity contribution in [3.63, 3.8) is 0 Å². The SMILES string of the molecule is CCN(C)C(=O)CCc1ccc(Nc2ncc(-c3ccc(OC)cc3)cn2)cc1. The van der Waals surface area contributed by atoms with Crippen LogP contribution in [0.25, 0.3) is 11.1 Å². The number of rotatable bonds is 8. The molecule has 0 radical (unpaired) electrons. The number of aryl methyl sites for hydroxylation is 1. The second kappa shape index (κ2) is 9.68. The van der Waals surface area contributed by atoms with E-state index >= 15 is 0 Å². The van der Waals surface area contributed by atoms with Crippen molar-refractivity contribution in [2.75, 3.05) is 26.0 Å². The van der Waals surface area contributed by atoms with Gasteiger partial charge in [0.15, 0.2) is 0 Å². The van der Waals surface area contributed by atoms with Gasteiger partial charge in [-0.15, -0.1) is 0 Å². The van der Waals surface area contributed by atoms with E-state index in [0.717, 1.165) is 41.1 Å². The summed E-state index contributed by atoms with van der Waals surface area (Å²) in [5.41, 5.74) is 4.01. The summed E-state index contributed by atoms with van der Waals surface area (Å²) in [4.78, 5) is 22.4. The van der Waals surface area contributed by atoms with Crippen LogP contribution in [0.1, 0.15) is 18.9 Å². The first-order chi connectivity index (χ1) is 14.1. The van der Waals surface area contributed by atoms with Gasteiger partial charge in [-0.2, -0.15) is 0 Å². The molecule has 0 spiro atoms. The molecule has 0 saturated heterocycles. The molecule has 1 N–H and O–H groups in total. The van der Waals surface area contributed by atoms with E-state index in [1.807, 2.05) is 62.5 Å². The van der Waals surface area contributed by atoms with Crippen molar-refractivity contribution < 1.29 is 9.53 Å². The fourth-order valence-electron chi connectivity index (χ4n) is 2.83. The number of aromatic nitrogens is 2. The number of carbonyl (C=O) groups is 1. The van der Waals surface area contributed by atoms with Crippen molar-refractivity contribution in [1.29, 1.82) is 0 Å². The Morgan fingerprint density at radius 1 is 1.00 bits per heavy atom. The van der Waals surface area contributed by atoms with Crippen LogP contribution in [0.4, 0.5) is 11.6 Å². The van der Waals surface area contributed by atoms with E-state index in [4.69, 9.17) is 4.74 Å². The van der Waals surface area contributed by atoms with Gasteiger partial charge in [0.25, 0.3) is 0 Å². The number of hydrogen-bond acceptors (Lipinski definition) is 5. The maximum atomic E-state index is 11.9. The maximum Gasteiger partial charge on any atom is 0.227 e. The fourth-order valence-corrected chi connectivity index (χ4v) is 2.83. The summed E-state index contributed by atoms with van der Waals surface area (Å²) in [7, 11) is 3.48. The second-order valence-corrected chi connectivity index (χ2v) is 6.75. The van der Waals surface area contributed by atoms with Crippen LogP contribution in [0.2, 0.25) is 0 Å². The zero-order chi connectivity index (χ0) is 20.6. The Morgan fingerprint density at radius 2 is 1.66 bits per heavy atom. The van der Waals surface area contributed by atoms with Crippen molar-refractivity contribution in [3.8, 4) is 16.9 Å². The topological polar surface area (TPSA) is 67.4 Å². The average Bonchev–Trinajstić information content (AvgIpc) is 2.78. The zero-order valence-electron chi connectivity index (χ0n) is 17.1. The zero-order valence-corrected chi connectivity index (χ0v) is 17.1. The smallest absolute Gasteiger partial charge is 0.227 e. The van der Waals surface area contributed by atoms with E-state index in [9.17, 15) is 4.79 Å². The monoisotopic (exact) mass is 390 g/mol. The van der Waals surface area contributed by atoms with Crippen molar-refractivity contribution in [3.05, 3.63) is 66.5 Å². The molecule has 150 valence electrons. The third-order valence-electron chi connectivity index (χ3n) is 4.81. The molecule has 0 saturated carbocycles. The largest absolute Gasteiger partial charge is 0.497 e. The van der Waals surface area contributed by atoms with Crippen molar-refractivity contribution >= 4 is 17.5 Å². The van der Waals surface area contributed by atoms with E-state index in [-0.39, 0.29) is 5.91 Å². The highest BCUT2D eigenvalue weighted by Crippen LogP contribution is 2.22. The van der Waals surface area contributed by atoms with Gasteiger partial charge in [-0.3, -0.25) is 4.79 Å². The van der Waals surface area contributed by atoms with Crippen LogP contribution >= 0.6 is 0 Å². The molecular formula is C23H26N4O2. The number of carbonyl (C=O) groups excluding carboxylic acids is 1. The van der Waals surface area contributed by atoms with Gasteiger partial charge in [-0.05, 0) is 48.7 Å². The van der Waals surface area contributed by atoms with Gasteiger partial charge in [0.2, 0.25) is 11.9 Å². The Balaban J connectivity index is 1.57. The van der Waals surface area contributed by atoms with Gasteiger partial charge in [0.1, 0.15) is 5.75 Å². The average molecular weight is 390 g/mol. The summed E-state index contributed by atoms with van der Waals surface area (Å²) in [6.45, 7) is 2.71. The van der Waals surface area contributed by atoms with E-state index < -0.39 is 0 Å². The molecule has 0 aliphatic carbocycles. The molecule has 1 heterocycles. The molecule has 0 bridgehead atoms. The number of nitrogens with zero attached hydrogens (tertiary/aromatic N) is 3. The van der Waals surface area contributed by atoms with Crippen LogP contribution in [-0.2, 0) is 11.2 Å². The Bertz CT molecular complexity index is 923. The predicted molar refractivity (Wildman–Crippen MR) is 115 cm³/mol. The molecule has 0 fully saturated rings. The first-order valence-electron chi connectivity index (χ1n) is 9.65. The molecule has 0 aliphatic heterocycles. The van der Waals surface area contributed by atoms with E-state index in [0.29, 0.717) is 12.4 Å². The van der Waals surface area contributed by atoms with Crippen molar-refractivity contribution in [2.24, 2.45) is 0 Å². The molecule has 3 rings (SSSR count). The number of methoxy groups -OCH3 is 1. The quantitative estimate of drug-likeness (QED) is 0.621. The highest BCUT2D eigenvalue weighted by molar-refractivity contribution is 5.76. The lowest BCUT2D eigenvalue weighted by Gasteiger charge is -2.14. The highest BCUT2D eigenvalue weighted by atomic mass is 16.5. The van der Waals surface area contributed by atoms with Gasteiger partial charge >= 0.3 is 0 Å². The summed E-state index contributed by atoms with van der Waals surface area (Å²) in [6.07, 6.45) is 4.84. The van der Waals surface area contributed by atoms with Crippen LogP contribution in [0.3, 0.4) is 0 Å². The lowest BCUT2D eigenvalue weighted by molar-refractivity contribution is -0.129. The summed E-state index contributed by atoms with van der Waals surface area (Å²) in [5, 5.41) is 3.20. The number of nitrogens with one attached hydrogen (secondary N) is 1. The lowest BCUT2D eigenvalue weighted by Crippen LogP contribution is -2.26. The third kappa shape index (κ3) is 5.54. The van der Waals surface area contributed by atoms with Crippen LogP contribution in [-0.4, -0.2) is 41.5 Å². The first kappa shape index (κ1) is 20.3. The molecule has 6 heteroatoms. The van der Waals surface area contributed by atoms with Gasteiger partial charge < -0.3 is 15.0 Å². The van der Waals surface area contributed by atoms with E-state index in [1.54, 1.807) is 24.4 Å². The molecule has 6 nitrogen and oxygen atoms in total. The summed E-state index contributed by atoms with van der Waals surface area (Å²) in [5.74, 6) is 1.52. The van der Waals surface area contributed by atoms with Crippen molar-refractivity contribution in [1.82, 2.24) is 14.9 Å². The molecule has 1 amide bonds. The minimum atomic E-state index is 0.167. The molecule has 3 aromatic rings. The van der Waals surface area contributed by atoms with Gasteiger partial charge in [-0.25, -0.2) is 9.97 Å². The normalized spacial score (nSPS) is 10.4. The first-order valence-corrected chi connectivity index (χ1v) is 9.65. The lowest BCUT2D eigenvalue weighted by atomic mass is 10.1. The van der Waals surface area contributed by atoms with Crippen molar-refractivity contribution in [2.45, 2.75) is 19.8 Å². The molecule has 1 aromatic heterocycles. The van der Waals surface area contributed by atoms with Gasteiger partial charge in [0.05, 0.1) is 7.11 Å². The Morgan fingerprint density at radius 3 is 2.24 bits per heavy atom. The number of ether oxygens (including phenoxy) is 1. The maximum absolute atomic E-state index is 11.9. The van der Waals surface area contributed by atoms with Crippen LogP contribution in [0.5, 0.6) is 5.75 Å². The van der Waals surface area contributed by atoms with E-state index in [1.165, 1.54) is 0 Å². The molecule has 0 unspecified atom stereocenters. The molecule has 0 aliphatic rings. The molecular weight excluding hydrogens is 364 g/mol. The van der Waals surface area contributed by atoms with Crippen LogP contribution in [0, 0.1) is 0 Å². The highest BCUT2D eigenvalue weighted by Gasteiger charge is 2.07. The Kier molecular flexibility index (Phi) is 6.79. The second-order valence-electron chi connectivity index (χ2n) is 6.75. The summed E-state index contributed by atoms with van der Waals surface area (Å²) < 4.78 is 5.18. The Hall–Kier alpha value is -3.41. The Labute approximate surface area is 171 Å². The van der Waals surface area contributed by atoms with Crippen LogP contribution in [0.15, 0.2) is 60.9 Å². The number of hydrogen-bond donors (Lipinski definition) is 1. The van der Waals surface area contributed by atoms with E-state index in [2.05, 4.69) is 15.3 Å². The number of benzene rings is 2. The minimum absolute atomic E-state index is 0.167. The van der Waals surface area contributed by atoms with Crippen LogP contribution < -0.4 is 10.1 Å². The fraction of sp³-hybridized carbons (Fsp3) is 0.261. The minimum Gasteiger partial charge on any atom is -0.497 e. The standard InChI is InChI=1S/C23H26N4O2/c1-4-27(2)22(28)14-7-17-5-10-20(11-6-17)26-23-24-15-19(16-25-23)18-8-12-21(29-3)13-9-18/h5-6,8-13,15-16H,4,7,14H2,1-3H3,(H,24,25,26). The molecule has 2 aromatic carbocycles. The molecule has 0 atom stereocenters. The van der Waals surface area contributed by atoms with Gasteiger partial charge in [-0.1, -0.05) is 24.3 Å². The third-order valence-corrected chi connectivity index (χ3v) is 4.81. The number of amides is 1. The summed E-state index contributed by atoms with van der Waals surface area (Å²) >= 11 is 0. The van der Waals surface area contributed by atoms with Gasteiger partial charge in [0, 0.05) is 43.7 Å². The molecule has 29 heavy (non-hydrogen) atoms. The predicted octanol–water partition coefficient (Wildman–Crippen LogP) is 4.31. The summed E-state index contributed by atoms with van der Waals surface area (Å²) in [6, 6.07) is 15.8.